The lowest BCUT2D eigenvalue weighted by Gasteiger charge is -2.18. The van der Waals surface area contributed by atoms with Crippen molar-refractivity contribution in [3.05, 3.63) is 33.8 Å². The van der Waals surface area contributed by atoms with E-state index in [0.29, 0.717) is 4.47 Å². The minimum Gasteiger partial charge on any atom is -0.294 e. The van der Waals surface area contributed by atoms with Crippen molar-refractivity contribution in [2.45, 2.75) is 26.9 Å². The van der Waals surface area contributed by atoms with E-state index in [2.05, 4.69) is 15.9 Å². The molecule has 0 spiro atoms. The third-order valence-electron chi connectivity index (χ3n) is 2.22. The van der Waals surface area contributed by atoms with E-state index in [1.807, 2.05) is 0 Å². The molecule has 0 atom stereocenters. The first-order valence-corrected chi connectivity index (χ1v) is 5.74. The predicted octanol–water partition coefficient (Wildman–Crippen LogP) is 4.70. The van der Waals surface area contributed by atoms with Crippen LogP contribution in [0.2, 0.25) is 0 Å². The molecule has 0 unspecified atom stereocenters. The van der Waals surface area contributed by atoms with Gasteiger partial charge in [-0.25, -0.2) is 0 Å². The van der Waals surface area contributed by atoms with Crippen LogP contribution < -0.4 is 0 Å². The number of ketones is 1. The molecule has 1 aromatic carbocycles. The van der Waals surface area contributed by atoms with Crippen LogP contribution in [-0.4, -0.2) is 5.78 Å². The fraction of sp³-hybridized carbons (Fsp3) is 0.417. The maximum atomic E-state index is 12.5. The highest BCUT2D eigenvalue weighted by Crippen LogP contribution is 2.34. The van der Waals surface area contributed by atoms with Crippen LogP contribution in [0.25, 0.3) is 0 Å². The smallest absolute Gasteiger partial charge is 0.294 e. The monoisotopic (exact) mass is 308 g/mol. The summed E-state index contributed by atoms with van der Waals surface area (Å²) >= 11 is 3.10. The second kappa shape index (κ2) is 4.44. The predicted molar refractivity (Wildman–Crippen MR) is 62.9 cm³/mol. The normalized spacial score (nSPS) is 12.6. The van der Waals surface area contributed by atoms with Crippen LogP contribution in [-0.2, 0) is 6.18 Å². The second-order valence-electron chi connectivity index (χ2n) is 4.77. The van der Waals surface area contributed by atoms with Crippen molar-refractivity contribution < 1.29 is 18.0 Å². The number of carbonyl (C=O) groups excluding carboxylic acids is 1. The third kappa shape index (κ3) is 3.31. The lowest BCUT2D eigenvalue weighted by Crippen LogP contribution is -2.21. The number of hydrogen-bond acceptors (Lipinski definition) is 1. The molecule has 0 aromatic heterocycles. The quantitative estimate of drug-likeness (QED) is 0.687. The summed E-state index contributed by atoms with van der Waals surface area (Å²) in [5.74, 6) is -0.324. The molecular formula is C12H12BrF3O. The summed E-state index contributed by atoms with van der Waals surface area (Å²) in [6.45, 7) is 5.01. The van der Waals surface area contributed by atoms with Crippen molar-refractivity contribution >= 4 is 21.7 Å². The number of Topliss-reactive ketones (excluding diaryl/α,β-unsaturated/α-hetero) is 1. The van der Waals surface area contributed by atoms with Crippen LogP contribution >= 0.6 is 15.9 Å². The Bertz CT molecular complexity index is 444. The zero-order valence-corrected chi connectivity index (χ0v) is 11.2. The number of carbonyl (C=O) groups is 1. The van der Waals surface area contributed by atoms with Gasteiger partial charge in [0.1, 0.15) is 0 Å². The van der Waals surface area contributed by atoms with Crippen molar-refractivity contribution in [2.24, 2.45) is 5.41 Å². The van der Waals surface area contributed by atoms with E-state index < -0.39 is 17.2 Å². The van der Waals surface area contributed by atoms with E-state index in [1.54, 1.807) is 20.8 Å². The molecule has 0 heterocycles. The number of rotatable bonds is 1. The number of benzene rings is 1. The van der Waals surface area contributed by atoms with Gasteiger partial charge >= 0.3 is 6.18 Å². The van der Waals surface area contributed by atoms with Crippen LogP contribution in [0, 0.1) is 5.41 Å². The van der Waals surface area contributed by atoms with E-state index in [0.717, 1.165) is 12.1 Å². The van der Waals surface area contributed by atoms with Crippen LogP contribution in [0.4, 0.5) is 13.2 Å². The highest BCUT2D eigenvalue weighted by Gasteiger charge is 2.33. The van der Waals surface area contributed by atoms with Gasteiger partial charge in [0.05, 0.1) is 5.56 Å². The van der Waals surface area contributed by atoms with Crippen molar-refractivity contribution in [1.82, 2.24) is 0 Å². The zero-order chi connectivity index (χ0) is 13.4. The second-order valence-corrected chi connectivity index (χ2v) is 5.63. The highest BCUT2D eigenvalue weighted by molar-refractivity contribution is 9.10. The van der Waals surface area contributed by atoms with Gasteiger partial charge in [0.15, 0.2) is 5.78 Å². The van der Waals surface area contributed by atoms with E-state index in [-0.39, 0.29) is 11.3 Å². The SMILES string of the molecule is CC(C)(C)C(=O)c1cc(C(F)(F)F)ccc1Br. The highest BCUT2D eigenvalue weighted by atomic mass is 79.9. The molecular weight excluding hydrogens is 297 g/mol. The third-order valence-corrected chi connectivity index (χ3v) is 2.91. The van der Waals surface area contributed by atoms with Gasteiger partial charge in [-0.1, -0.05) is 36.7 Å². The van der Waals surface area contributed by atoms with E-state index in [9.17, 15) is 18.0 Å². The summed E-state index contributed by atoms with van der Waals surface area (Å²) in [4.78, 5) is 12.0. The zero-order valence-electron chi connectivity index (χ0n) is 9.65. The Morgan fingerprint density at radius 2 is 1.71 bits per heavy atom. The van der Waals surface area contributed by atoms with Crippen LogP contribution in [0.5, 0.6) is 0 Å². The summed E-state index contributed by atoms with van der Waals surface area (Å²) in [6, 6.07) is 3.09. The maximum absolute atomic E-state index is 12.5. The molecule has 5 heteroatoms. The first-order chi connectivity index (χ1) is 7.53. The van der Waals surface area contributed by atoms with E-state index >= 15 is 0 Å². The summed E-state index contributed by atoms with van der Waals surface area (Å²) in [6.07, 6.45) is -4.44. The molecule has 0 bridgehead atoms. The van der Waals surface area contributed by atoms with Crippen LogP contribution in [0.15, 0.2) is 22.7 Å². The molecule has 1 nitrogen and oxygen atoms in total. The Labute approximate surface area is 106 Å². The van der Waals surface area contributed by atoms with Gasteiger partial charge in [-0.05, 0) is 18.2 Å². The summed E-state index contributed by atoms with van der Waals surface area (Å²) < 4.78 is 38.0. The number of halogens is 4. The van der Waals surface area contributed by atoms with Gasteiger partial charge in [0, 0.05) is 15.5 Å². The average molecular weight is 309 g/mol. The molecule has 0 aliphatic carbocycles. The Balaban J connectivity index is 3.30. The molecule has 0 radical (unpaired) electrons. The van der Waals surface area contributed by atoms with Gasteiger partial charge in [-0.15, -0.1) is 0 Å². The number of hydrogen-bond donors (Lipinski definition) is 0. The molecule has 0 aliphatic heterocycles. The Morgan fingerprint density at radius 1 is 1.18 bits per heavy atom. The van der Waals surface area contributed by atoms with Crippen molar-refractivity contribution in [2.75, 3.05) is 0 Å². The van der Waals surface area contributed by atoms with Crippen molar-refractivity contribution in [1.29, 1.82) is 0 Å². The molecule has 94 valence electrons. The molecule has 0 saturated carbocycles. The average Bonchev–Trinajstić information content (AvgIpc) is 2.14. The number of alkyl halides is 3. The van der Waals surface area contributed by atoms with Gasteiger partial charge in [-0.3, -0.25) is 4.79 Å². The standard InChI is InChI=1S/C12H12BrF3O/c1-11(2,3)10(17)8-6-7(12(14,15)16)4-5-9(8)13/h4-6H,1-3H3. The van der Waals surface area contributed by atoms with E-state index in [1.165, 1.54) is 6.07 Å². The molecule has 1 aromatic rings. The molecule has 0 fully saturated rings. The first kappa shape index (κ1) is 14.2. The van der Waals surface area contributed by atoms with Gasteiger partial charge < -0.3 is 0 Å². The summed E-state index contributed by atoms with van der Waals surface area (Å²) in [5, 5.41) is 0. The van der Waals surface area contributed by atoms with Crippen molar-refractivity contribution in [3.63, 3.8) is 0 Å². The molecule has 17 heavy (non-hydrogen) atoms. The Morgan fingerprint density at radius 3 is 2.12 bits per heavy atom. The van der Waals surface area contributed by atoms with Gasteiger partial charge in [-0.2, -0.15) is 13.2 Å². The van der Waals surface area contributed by atoms with Crippen LogP contribution in [0.3, 0.4) is 0 Å². The minimum atomic E-state index is -4.44. The summed E-state index contributed by atoms with van der Waals surface area (Å²) in [7, 11) is 0. The first-order valence-electron chi connectivity index (χ1n) is 4.95. The lowest BCUT2D eigenvalue weighted by atomic mass is 9.86. The maximum Gasteiger partial charge on any atom is 0.416 e. The minimum absolute atomic E-state index is 0.0623. The molecule has 0 aliphatic rings. The lowest BCUT2D eigenvalue weighted by molar-refractivity contribution is -0.137. The molecule has 1 rings (SSSR count). The molecule has 0 amide bonds. The molecule has 0 N–H and O–H groups in total. The Kier molecular flexibility index (Phi) is 3.72. The van der Waals surface area contributed by atoms with Crippen molar-refractivity contribution in [3.8, 4) is 0 Å². The fourth-order valence-corrected chi connectivity index (χ4v) is 1.71. The largest absolute Gasteiger partial charge is 0.416 e. The van der Waals surface area contributed by atoms with Gasteiger partial charge in [0.2, 0.25) is 0 Å². The summed E-state index contributed by atoms with van der Waals surface area (Å²) in [5.41, 5.74) is -1.46. The topological polar surface area (TPSA) is 17.1 Å². The van der Waals surface area contributed by atoms with E-state index in [4.69, 9.17) is 0 Å². The molecule has 0 saturated heterocycles. The Hall–Kier alpha value is -0.840. The van der Waals surface area contributed by atoms with Crippen LogP contribution in [0.1, 0.15) is 36.7 Å². The van der Waals surface area contributed by atoms with Gasteiger partial charge in [0.25, 0.3) is 0 Å². The fourth-order valence-electron chi connectivity index (χ4n) is 1.28.